The van der Waals surface area contributed by atoms with Crippen LogP contribution in [0.25, 0.3) is 28.1 Å². The van der Waals surface area contributed by atoms with Crippen molar-refractivity contribution < 1.29 is 0 Å². The van der Waals surface area contributed by atoms with Crippen molar-refractivity contribution >= 4 is 22.2 Å². The van der Waals surface area contributed by atoms with Crippen LogP contribution in [0.3, 0.4) is 0 Å². The van der Waals surface area contributed by atoms with Gasteiger partial charge in [-0.3, -0.25) is 14.1 Å². The van der Waals surface area contributed by atoms with Gasteiger partial charge in [0, 0.05) is 11.9 Å². The number of rotatable bonds is 2. The van der Waals surface area contributed by atoms with Crippen LogP contribution in [0.5, 0.6) is 0 Å². The predicted molar refractivity (Wildman–Crippen MR) is 103 cm³/mol. The second kappa shape index (κ2) is 5.59. The normalized spacial score (nSPS) is 16.1. The first-order chi connectivity index (χ1) is 13.8. The molecule has 136 valence electrons. The summed E-state index contributed by atoms with van der Waals surface area (Å²) >= 11 is 0. The number of fused-ring (bicyclic) bond motifs is 3. The number of para-hydroxylation sites is 2. The number of hydrogen-bond acceptors (Lipinski definition) is 5. The van der Waals surface area contributed by atoms with Gasteiger partial charge in [0.1, 0.15) is 11.8 Å². The van der Waals surface area contributed by atoms with E-state index in [1.54, 1.807) is 23.3 Å². The molecule has 28 heavy (non-hydrogen) atoms. The number of H-pyrrole nitrogens is 1. The van der Waals surface area contributed by atoms with Crippen molar-refractivity contribution in [1.29, 1.82) is 0 Å². The van der Waals surface area contributed by atoms with E-state index in [4.69, 9.17) is 4.98 Å². The van der Waals surface area contributed by atoms with E-state index in [1.807, 2.05) is 41.0 Å². The molecule has 1 aliphatic rings. The van der Waals surface area contributed by atoms with Crippen LogP contribution >= 0.6 is 0 Å². The molecule has 1 atom stereocenters. The zero-order valence-corrected chi connectivity index (χ0v) is 14.8. The average Bonchev–Trinajstić information content (AvgIpc) is 3.41. The fraction of sp³-hybridized carbons (Fsp3) is 0.150. The molecule has 0 spiro atoms. The maximum atomic E-state index is 12.7. The first kappa shape index (κ1) is 15.3. The van der Waals surface area contributed by atoms with Gasteiger partial charge >= 0.3 is 5.69 Å². The molecule has 0 bridgehead atoms. The van der Waals surface area contributed by atoms with E-state index < -0.39 is 0 Å². The van der Waals surface area contributed by atoms with Gasteiger partial charge < -0.3 is 4.98 Å². The molecule has 4 heterocycles. The number of aromatic nitrogens is 7. The van der Waals surface area contributed by atoms with E-state index in [0.29, 0.717) is 17.1 Å². The number of benzene rings is 1. The second-order valence-corrected chi connectivity index (χ2v) is 6.90. The number of pyridine rings is 1. The quantitative estimate of drug-likeness (QED) is 0.516. The van der Waals surface area contributed by atoms with E-state index in [9.17, 15) is 4.79 Å². The van der Waals surface area contributed by atoms with Crippen LogP contribution in [0.1, 0.15) is 23.7 Å². The molecule has 1 aliphatic carbocycles. The van der Waals surface area contributed by atoms with Crippen LogP contribution in [-0.2, 0) is 6.42 Å². The molecule has 6 rings (SSSR count). The minimum absolute atomic E-state index is 0.0766. The maximum absolute atomic E-state index is 12.7. The lowest BCUT2D eigenvalue weighted by Crippen LogP contribution is -2.22. The molecule has 1 unspecified atom stereocenters. The van der Waals surface area contributed by atoms with E-state index in [-0.39, 0.29) is 11.7 Å². The largest absolute Gasteiger partial charge is 0.328 e. The Hall–Kier alpha value is -3.81. The van der Waals surface area contributed by atoms with E-state index >= 15 is 0 Å². The van der Waals surface area contributed by atoms with E-state index in [1.165, 1.54) is 0 Å². The molecule has 0 saturated carbocycles. The van der Waals surface area contributed by atoms with Crippen LogP contribution in [0, 0.1) is 0 Å². The Morgan fingerprint density at radius 3 is 2.96 bits per heavy atom. The molecule has 0 amide bonds. The molecular weight excluding hydrogens is 354 g/mol. The van der Waals surface area contributed by atoms with Crippen molar-refractivity contribution in [2.24, 2.45) is 0 Å². The minimum Gasteiger partial charge on any atom is -0.303 e. The Labute approximate surface area is 158 Å². The molecule has 5 aromatic rings. The van der Waals surface area contributed by atoms with Crippen molar-refractivity contribution in [3.05, 3.63) is 76.9 Å². The molecule has 0 fully saturated rings. The second-order valence-electron chi connectivity index (χ2n) is 6.90. The molecule has 1 N–H and O–H groups in total. The lowest BCUT2D eigenvalue weighted by atomic mass is 10.1. The lowest BCUT2D eigenvalue weighted by molar-refractivity contribution is 0.574. The van der Waals surface area contributed by atoms with Gasteiger partial charge in [0.2, 0.25) is 5.95 Å². The Balaban J connectivity index is 1.57. The van der Waals surface area contributed by atoms with Crippen LogP contribution in [-0.4, -0.2) is 34.1 Å². The van der Waals surface area contributed by atoms with Crippen molar-refractivity contribution in [1.82, 2.24) is 34.1 Å². The molecular formula is C20H15N7O. The highest BCUT2D eigenvalue weighted by molar-refractivity contribution is 5.77. The number of imidazole rings is 2. The van der Waals surface area contributed by atoms with Gasteiger partial charge in [-0.1, -0.05) is 18.2 Å². The smallest absolute Gasteiger partial charge is 0.303 e. The third kappa shape index (κ3) is 2.08. The van der Waals surface area contributed by atoms with E-state index in [0.717, 1.165) is 35.1 Å². The SMILES string of the molecule is O=c1[nH]c2cnc(-n3cnc4ccccc43)nc2n1C1CCc2ncccc21. The minimum atomic E-state index is -0.182. The van der Waals surface area contributed by atoms with Crippen LogP contribution in [0.15, 0.2) is 59.9 Å². The van der Waals surface area contributed by atoms with Crippen molar-refractivity contribution in [3.63, 3.8) is 0 Å². The van der Waals surface area contributed by atoms with Crippen molar-refractivity contribution in [2.75, 3.05) is 0 Å². The van der Waals surface area contributed by atoms with Gasteiger partial charge in [0.25, 0.3) is 0 Å². The molecule has 4 aromatic heterocycles. The molecule has 0 radical (unpaired) electrons. The van der Waals surface area contributed by atoms with Gasteiger partial charge in [0.05, 0.1) is 23.3 Å². The third-order valence-electron chi connectivity index (χ3n) is 5.36. The lowest BCUT2D eigenvalue weighted by Gasteiger charge is -2.13. The Morgan fingerprint density at radius 2 is 2.00 bits per heavy atom. The van der Waals surface area contributed by atoms with E-state index in [2.05, 4.69) is 19.9 Å². The highest BCUT2D eigenvalue weighted by atomic mass is 16.1. The third-order valence-corrected chi connectivity index (χ3v) is 5.36. The average molecular weight is 369 g/mol. The molecule has 0 saturated heterocycles. The Kier molecular flexibility index (Phi) is 3.05. The van der Waals surface area contributed by atoms with Crippen LogP contribution < -0.4 is 5.69 Å². The number of nitrogens with zero attached hydrogens (tertiary/aromatic N) is 6. The summed E-state index contributed by atoms with van der Waals surface area (Å²) in [7, 11) is 0. The monoisotopic (exact) mass is 369 g/mol. The summed E-state index contributed by atoms with van der Waals surface area (Å²) < 4.78 is 3.56. The molecule has 8 heteroatoms. The molecule has 1 aromatic carbocycles. The number of hydrogen-bond donors (Lipinski definition) is 1. The van der Waals surface area contributed by atoms with Gasteiger partial charge in [-0.25, -0.2) is 14.8 Å². The van der Waals surface area contributed by atoms with Gasteiger partial charge in [0.15, 0.2) is 5.65 Å². The van der Waals surface area contributed by atoms with Crippen molar-refractivity contribution in [3.8, 4) is 5.95 Å². The first-order valence-corrected chi connectivity index (χ1v) is 9.13. The summed E-state index contributed by atoms with van der Waals surface area (Å²) in [5, 5.41) is 0. The fourth-order valence-corrected chi connectivity index (χ4v) is 4.09. The number of aromatic amines is 1. The molecule has 8 nitrogen and oxygen atoms in total. The summed E-state index contributed by atoms with van der Waals surface area (Å²) in [6.45, 7) is 0. The van der Waals surface area contributed by atoms with Gasteiger partial charge in [-0.15, -0.1) is 0 Å². The highest BCUT2D eigenvalue weighted by Crippen LogP contribution is 2.33. The van der Waals surface area contributed by atoms with Gasteiger partial charge in [-0.05, 0) is 36.6 Å². The summed E-state index contributed by atoms with van der Waals surface area (Å²) in [6, 6.07) is 11.7. The summed E-state index contributed by atoms with van der Waals surface area (Å²) in [6.07, 6.45) is 6.83. The van der Waals surface area contributed by atoms with Gasteiger partial charge in [-0.2, -0.15) is 4.98 Å². The Morgan fingerprint density at radius 1 is 1.07 bits per heavy atom. The summed E-state index contributed by atoms with van der Waals surface area (Å²) in [5.41, 5.74) is 4.95. The number of nitrogens with one attached hydrogen (secondary N) is 1. The maximum Gasteiger partial charge on any atom is 0.328 e. The number of aryl methyl sites for hydroxylation is 1. The zero-order valence-electron chi connectivity index (χ0n) is 14.8. The topological polar surface area (TPSA) is 94.3 Å². The van der Waals surface area contributed by atoms with Crippen molar-refractivity contribution in [2.45, 2.75) is 18.9 Å². The standard InChI is InChI=1S/C20H15N7O/c28-20-24-15-10-22-19(26-11-23-14-5-1-2-6-17(14)26)25-18(15)27(20)16-8-7-13-12(16)4-3-9-21-13/h1-6,9-11,16H,7-8H2,(H,24,28). The summed E-state index contributed by atoms with van der Waals surface area (Å²) in [5.74, 6) is 0.485. The highest BCUT2D eigenvalue weighted by Gasteiger charge is 2.28. The summed E-state index contributed by atoms with van der Waals surface area (Å²) in [4.78, 5) is 33.7. The fourth-order valence-electron chi connectivity index (χ4n) is 4.09. The Bertz CT molecular complexity index is 1410. The van der Waals surface area contributed by atoms with Crippen LogP contribution in [0.4, 0.5) is 0 Å². The first-order valence-electron chi connectivity index (χ1n) is 9.13. The van der Waals surface area contributed by atoms with Crippen LogP contribution in [0.2, 0.25) is 0 Å². The predicted octanol–water partition coefficient (Wildman–Crippen LogP) is 2.39. The zero-order chi connectivity index (χ0) is 18.7. The molecule has 0 aliphatic heterocycles.